The predicted octanol–water partition coefficient (Wildman–Crippen LogP) is 5.03. The number of nitrogens with zero attached hydrogens (tertiary/aromatic N) is 2. The summed E-state index contributed by atoms with van der Waals surface area (Å²) in [4.78, 5) is 5.17. The fourth-order valence-electron chi connectivity index (χ4n) is 1.91. The third kappa shape index (κ3) is 3.50. The van der Waals surface area contributed by atoms with Crippen LogP contribution < -0.4 is 4.74 Å². The zero-order chi connectivity index (χ0) is 16.2. The number of oxazole rings is 1. The first-order valence-corrected chi connectivity index (χ1v) is 7.88. The van der Waals surface area contributed by atoms with Gasteiger partial charge in [0.05, 0.1) is 7.11 Å². The molecule has 114 valence electrons. The number of hydrogen-bond acceptors (Lipinski definition) is 5. The van der Waals surface area contributed by atoms with E-state index in [2.05, 4.69) is 11.1 Å². The summed E-state index contributed by atoms with van der Waals surface area (Å²) in [6.45, 7) is 0. The summed E-state index contributed by atoms with van der Waals surface area (Å²) >= 11 is 7.21. The molecule has 0 amide bonds. The maximum atomic E-state index is 9.26. The Labute approximate surface area is 142 Å². The molecule has 0 atom stereocenters. The number of ether oxygens (including phenoxy) is 1. The summed E-state index contributed by atoms with van der Waals surface area (Å²) in [5, 5.41) is 10.4. The molecule has 0 radical (unpaired) electrons. The average molecular weight is 343 g/mol. The monoisotopic (exact) mass is 342 g/mol. The largest absolute Gasteiger partial charge is 0.497 e. The Bertz CT molecular complexity index is 852. The molecular weight excluding hydrogens is 332 g/mol. The van der Waals surface area contributed by atoms with Crippen molar-refractivity contribution in [3.05, 3.63) is 59.2 Å². The normalized spacial score (nSPS) is 10.3. The Morgan fingerprint density at radius 3 is 2.43 bits per heavy atom. The molecule has 0 N–H and O–H groups in total. The molecule has 0 aliphatic heterocycles. The smallest absolute Gasteiger partial charge is 0.228 e. The van der Waals surface area contributed by atoms with Gasteiger partial charge >= 0.3 is 0 Å². The van der Waals surface area contributed by atoms with Gasteiger partial charge in [0.15, 0.2) is 5.69 Å². The summed E-state index contributed by atoms with van der Waals surface area (Å²) in [7, 11) is 1.61. The molecule has 0 saturated carbocycles. The molecule has 0 spiro atoms. The summed E-state index contributed by atoms with van der Waals surface area (Å²) in [6.07, 6.45) is 0. The minimum atomic E-state index is 0.260. The maximum absolute atomic E-state index is 9.26. The van der Waals surface area contributed by atoms with Crippen molar-refractivity contribution in [2.75, 3.05) is 7.11 Å². The molecule has 1 aromatic heterocycles. The minimum Gasteiger partial charge on any atom is -0.497 e. The summed E-state index contributed by atoms with van der Waals surface area (Å²) < 4.78 is 10.9. The minimum absolute atomic E-state index is 0.260. The highest BCUT2D eigenvalue weighted by molar-refractivity contribution is 7.99. The zero-order valence-corrected chi connectivity index (χ0v) is 13.7. The van der Waals surface area contributed by atoms with E-state index in [0.29, 0.717) is 16.0 Å². The van der Waals surface area contributed by atoms with Crippen molar-refractivity contribution in [3.8, 4) is 23.3 Å². The molecule has 2 aromatic carbocycles. The van der Waals surface area contributed by atoms with Crippen LogP contribution in [0.15, 0.2) is 62.9 Å². The lowest BCUT2D eigenvalue weighted by Crippen LogP contribution is -1.83. The van der Waals surface area contributed by atoms with E-state index in [-0.39, 0.29) is 5.69 Å². The first-order chi connectivity index (χ1) is 11.2. The predicted molar refractivity (Wildman–Crippen MR) is 88.8 cm³/mol. The van der Waals surface area contributed by atoms with Crippen LogP contribution in [0.5, 0.6) is 5.75 Å². The Morgan fingerprint density at radius 2 is 1.83 bits per heavy atom. The van der Waals surface area contributed by atoms with Crippen LogP contribution in [0.1, 0.15) is 5.69 Å². The summed E-state index contributed by atoms with van der Waals surface area (Å²) in [5.41, 5.74) is 1.04. The molecule has 0 aliphatic rings. The Balaban J connectivity index is 1.90. The SMILES string of the molecule is COc1ccc(-c2nc(C#N)c(Sc3ccc(Cl)cc3)o2)cc1. The number of halogens is 1. The summed E-state index contributed by atoms with van der Waals surface area (Å²) in [5.74, 6) is 1.15. The quantitative estimate of drug-likeness (QED) is 0.665. The second-order valence-corrected chi connectivity index (χ2v) is 6.03. The number of benzene rings is 2. The van der Waals surface area contributed by atoms with Gasteiger partial charge in [0, 0.05) is 15.5 Å². The van der Waals surface area contributed by atoms with E-state index in [0.717, 1.165) is 16.2 Å². The molecule has 0 unspecified atom stereocenters. The second kappa shape index (κ2) is 6.78. The number of hydrogen-bond donors (Lipinski definition) is 0. The van der Waals surface area contributed by atoms with Gasteiger partial charge in [0.1, 0.15) is 11.8 Å². The molecule has 0 saturated heterocycles. The molecular formula is C17H11ClN2O2S. The molecule has 6 heteroatoms. The lowest BCUT2D eigenvalue weighted by atomic mass is 10.2. The van der Waals surface area contributed by atoms with Crippen LogP contribution in [0, 0.1) is 11.3 Å². The highest BCUT2D eigenvalue weighted by Crippen LogP contribution is 2.34. The number of nitriles is 1. The van der Waals surface area contributed by atoms with Crippen molar-refractivity contribution in [1.82, 2.24) is 4.98 Å². The van der Waals surface area contributed by atoms with E-state index in [1.165, 1.54) is 11.8 Å². The lowest BCUT2D eigenvalue weighted by molar-refractivity contribution is 0.414. The van der Waals surface area contributed by atoms with Crippen LogP contribution in [0.25, 0.3) is 11.5 Å². The standard InChI is InChI=1S/C17H11ClN2O2S/c1-21-13-6-2-11(3-7-13)16-20-15(10-19)17(22-16)23-14-8-4-12(18)5-9-14/h2-9H,1H3. The molecule has 0 aliphatic carbocycles. The fraction of sp³-hybridized carbons (Fsp3) is 0.0588. The molecule has 0 bridgehead atoms. The van der Waals surface area contributed by atoms with Crippen LogP contribution in [0.4, 0.5) is 0 Å². The Hall–Kier alpha value is -2.42. The van der Waals surface area contributed by atoms with Crippen molar-refractivity contribution >= 4 is 23.4 Å². The number of rotatable bonds is 4. The van der Waals surface area contributed by atoms with Gasteiger partial charge in [-0.1, -0.05) is 11.6 Å². The van der Waals surface area contributed by atoms with Gasteiger partial charge in [-0.25, -0.2) is 0 Å². The lowest BCUT2D eigenvalue weighted by Gasteiger charge is -2.00. The van der Waals surface area contributed by atoms with Gasteiger partial charge in [0.25, 0.3) is 0 Å². The fourth-order valence-corrected chi connectivity index (χ4v) is 2.83. The van der Waals surface area contributed by atoms with Gasteiger partial charge < -0.3 is 9.15 Å². The van der Waals surface area contributed by atoms with Crippen LogP contribution >= 0.6 is 23.4 Å². The van der Waals surface area contributed by atoms with Crippen LogP contribution in [0.2, 0.25) is 5.02 Å². The van der Waals surface area contributed by atoms with E-state index < -0.39 is 0 Å². The topological polar surface area (TPSA) is 59.0 Å². The molecule has 3 rings (SSSR count). The summed E-state index contributed by atoms with van der Waals surface area (Å²) in [6, 6.07) is 16.7. The van der Waals surface area contributed by atoms with Crippen molar-refractivity contribution in [3.63, 3.8) is 0 Å². The van der Waals surface area contributed by atoms with E-state index in [4.69, 9.17) is 20.8 Å². The Kier molecular flexibility index (Phi) is 4.56. The van der Waals surface area contributed by atoms with Crippen molar-refractivity contribution < 1.29 is 9.15 Å². The average Bonchev–Trinajstić information content (AvgIpc) is 3.00. The zero-order valence-electron chi connectivity index (χ0n) is 12.1. The first-order valence-electron chi connectivity index (χ1n) is 6.68. The highest BCUT2D eigenvalue weighted by atomic mass is 35.5. The third-order valence-electron chi connectivity index (χ3n) is 3.06. The van der Waals surface area contributed by atoms with Crippen molar-refractivity contribution in [2.45, 2.75) is 9.99 Å². The van der Waals surface area contributed by atoms with E-state index in [1.54, 1.807) is 19.2 Å². The molecule has 23 heavy (non-hydrogen) atoms. The van der Waals surface area contributed by atoms with Crippen LogP contribution in [0.3, 0.4) is 0 Å². The molecule has 1 heterocycles. The molecule has 3 aromatic rings. The van der Waals surface area contributed by atoms with Gasteiger partial charge in [-0.3, -0.25) is 0 Å². The first kappa shape index (κ1) is 15.5. The van der Waals surface area contributed by atoms with E-state index in [1.807, 2.05) is 36.4 Å². The number of aromatic nitrogens is 1. The Morgan fingerprint density at radius 1 is 1.13 bits per heavy atom. The van der Waals surface area contributed by atoms with E-state index >= 15 is 0 Å². The second-order valence-electron chi connectivity index (χ2n) is 4.55. The molecule has 0 fully saturated rings. The van der Waals surface area contributed by atoms with Crippen molar-refractivity contribution in [1.29, 1.82) is 5.26 Å². The van der Waals surface area contributed by atoms with E-state index in [9.17, 15) is 5.26 Å². The van der Waals surface area contributed by atoms with Crippen LogP contribution in [-0.4, -0.2) is 12.1 Å². The molecule has 4 nitrogen and oxygen atoms in total. The van der Waals surface area contributed by atoms with Gasteiger partial charge in [0.2, 0.25) is 11.0 Å². The van der Waals surface area contributed by atoms with Crippen molar-refractivity contribution in [2.24, 2.45) is 0 Å². The maximum Gasteiger partial charge on any atom is 0.228 e. The van der Waals surface area contributed by atoms with Crippen LogP contribution in [-0.2, 0) is 0 Å². The number of methoxy groups -OCH3 is 1. The van der Waals surface area contributed by atoms with Gasteiger partial charge in [-0.15, -0.1) is 0 Å². The van der Waals surface area contributed by atoms with Gasteiger partial charge in [-0.05, 0) is 60.3 Å². The third-order valence-corrected chi connectivity index (χ3v) is 4.29. The van der Waals surface area contributed by atoms with Gasteiger partial charge in [-0.2, -0.15) is 10.2 Å². The highest BCUT2D eigenvalue weighted by Gasteiger charge is 2.16.